The van der Waals surface area contributed by atoms with Crippen LogP contribution in [0.5, 0.6) is 0 Å². The summed E-state index contributed by atoms with van der Waals surface area (Å²) in [6.45, 7) is 0. The normalized spacial score (nSPS) is 10.8. The van der Waals surface area contributed by atoms with E-state index in [1.165, 1.54) is 0 Å². The summed E-state index contributed by atoms with van der Waals surface area (Å²) in [5.41, 5.74) is 6.95. The van der Waals surface area contributed by atoms with Gasteiger partial charge in [-0.1, -0.05) is 48.2 Å². The second-order valence-corrected chi connectivity index (χ2v) is 7.63. The number of anilines is 3. The maximum Gasteiger partial charge on any atom is 2.00 e. The Bertz CT molecular complexity index is 1520. The fraction of sp³-hybridized carbons (Fsp3) is 0. The van der Waals surface area contributed by atoms with Crippen LogP contribution in [-0.4, -0.2) is 0 Å². The molecule has 0 atom stereocenters. The summed E-state index contributed by atoms with van der Waals surface area (Å²) in [5, 5.41) is 2.20. The monoisotopic (exact) mass is 593 g/mol. The zero-order chi connectivity index (χ0) is 21.3. The fourth-order valence-corrected chi connectivity index (χ4v) is 4.31. The Labute approximate surface area is 207 Å². The van der Waals surface area contributed by atoms with Gasteiger partial charge in [0.2, 0.25) is 0 Å². The van der Waals surface area contributed by atoms with Crippen LogP contribution in [0.1, 0.15) is 0 Å². The Kier molecular flexibility index (Phi) is 5.86. The third-order valence-electron chi connectivity index (χ3n) is 5.69. The minimum absolute atomic E-state index is 0. The Morgan fingerprint density at radius 1 is 0.576 bits per heavy atom. The van der Waals surface area contributed by atoms with E-state index in [2.05, 4.69) is 77.7 Å². The minimum atomic E-state index is 0. The van der Waals surface area contributed by atoms with Gasteiger partial charge in [-0.3, -0.25) is 0 Å². The van der Waals surface area contributed by atoms with Crippen molar-refractivity contribution < 1.29 is 25.5 Å². The largest absolute Gasteiger partial charge is 2.00 e. The van der Waals surface area contributed by atoms with Crippen LogP contribution in [0.25, 0.3) is 33.1 Å². The summed E-state index contributed by atoms with van der Waals surface area (Å²) in [6.07, 6.45) is 0. The van der Waals surface area contributed by atoms with Crippen LogP contribution in [0.2, 0.25) is 0 Å². The van der Waals surface area contributed by atoms with E-state index in [0.29, 0.717) is 0 Å². The SMILES string of the molecule is [W+2].[c-]1ccccc1-c1[c-]cccc1N(c1ccccc1)c1cccc2oc3ccccc3c12. The number of rotatable bonds is 4. The van der Waals surface area contributed by atoms with E-state index < -0.39 is 0 Å². The average Bonchev–Trinajstić information content (AvgIpc) is 3.25. The molecule has 33 heavy (non-hydrogen) atoms. The van der Waals surface area contributed by atoms with Crippen LogP contribution in [0.15, 0.2) is 120 Å². The quantitative estimate of drug-likeness (QED) is 0.191. The maximum absolute atomic E-state index is 6.19. The molecule has 6 rings (SSSR count). The third-order valence-corrected chi connectivity index (χ3v) is 5.69. The first kappa shape index (κ1) is 21.2. The van der Waals surface area contributed by atoms with E-state index in [1.54, 1.807) is 0 Å². The molecule has 0 amide bonds. The molecule has 3 heteroatoms. The van der Waals surface area contributed by atoms with E-state index >= 15 is 0 Å². The number of hydrogen-bond donors (Lipinski definition) is 0. The van der Waals surface area contributed by atoms with Crippen molar-refractivity contribution >= 4 is 39.0 Å². The first-order valence-corrected chi connectivity index (χ1v) is 10.6. The van der Waals surface area contributed by atoms with Gasteiger partial charge >= 0.3 is 21.1 Å². The number of furan rings is 1. The predicted octanol–water partition coefficient (Wildman–Crippen LogP) is 8.32. The predicted molar refractivity (Wildman–Crippen MR) is 132 cm³/mol. The van der Waals surface area contributed by atoms with Crippen molar-refractivity contribution in [1.82, 2.24) is 0 Å². The van der Waals surface area contributed by atoms with Crippen molar-refractivity contribution in [3.05, 3.63) is 127 Å². The van der Waals surface area contributed by atoms with Gasteiger partial charge in [0.25, 0.3) is 0 Å². The summed E-state index contributed by atoms with van der Waals surface area (Å²) in [6, 6.07) is 45.9. The molecule has 0 saturated carbocycles. The molecule has 0 unspecified atom stereocenters. The smallest absolute Gasteiger partial charge is 0.456 e. The molecular weight excluding hydrogens is 574 g/mol. The molecule has 5 aromatic carbocycles. The van der Waals surface area contributed by atoms with Crippen LogP contribution < -0.4 is 4.90 Å². The van der Waals surface area contributed by atoms with Crippen LogP contribution >= 0.6 is 0 Å². The van der Waals surface area contributed by atoms with E-state index in [4.69, 9.17) is 4.42 Å². The fourth-order valence-electron chi connectivity index (χ4n) is 4.31. The number of para-hydroxylation sites is 2. The van der Waals surface area contributed by atoms with Gasteiger partial charge in [-0.05, 0) is 30.3 Å². The van der Waals surface area contributed by atoms with Crippen LogP contribution in [-0.2, 0) is 21.1 Å². The van der Waals surface area contributed by atoms with Crippen molar-refractivity contribution in [3.8, 4) is 11.1 Å². The summed E-state index contributed by atoms with van der Waals surface area (Å²) < 4.78 is 6.19. The molecule has 0 radical (unpaired) electrons. The number of fused-ring (bicyclic) bond motifs is 3. The summed E-state index contributed by atoms with van der Waals surface area (Å²) in [5.74, 6) is 0. The Balaban J connectivity index is 0.00000228. The molecule has 0 N–H and O–H groups in total. The summed E-state index contributed by atoms with van der Waals surface area (Å²) >= 11 is 0. The standard InChI is InChI=1S/C30H19NO.W/c1-3-12-22(13-4-1)24-16-7-9-18-26(24)31(23-14-5-2-6-15-23)27-19-11-21-29-30(27)25-17-8-10-20-28(25)32-29;/h1-12,14-15,17-21H;/q-2;+2. The van der Waals surface area contributed by atoms with Crippen molar-refractivity contribution in [1.29, 1.82) is 0 Å². The molecule has 0 spiro atoms. The zero-order valence-electron chi connectivity index (χ0n) is 17.7. The van der Waals surface area contributed by atoms with E-state index in [-0.39, 0.29) is 21.1 Å². The number of hydrogen-bond acceptors (Lipinski definition) is 2. The molecule has 0 aliphatic rings. The second kappa shape index (κ2) is 9.09. The second-order valence-electron chi connectivity index (χ2n) is 7.63. The molecule has 0 bridgehead atoms. The van der Waals surface area contributed by atoms with Gasteiger partial charge in [-0.2, -0.15) is 36.4 Å². The minimum Gasteiger partial charge on any atom is -0.456 e. The van der Waals surface area contributed by atoms with Gasteiger partial charge in [0.1, 0.15) is 11.2 Å². The molecule has 0 aliphatic carbocycles. The van der Waals surface area contributed by atoms with Gasteiger partial charge in [0.15, 0.2) is 0 Å². The molecule has 156 valence electrons. The molecule has 1 aromatic heterocycles. The Morgan fingerprint density at radius 2 is 1.30 bits per heavy atom. The molecule has 1 heterocycles. The van der Waals surface area contributed by atoms with Crippen LogP contribution in [0.3, 0.4) is 0 Å². The van der Waals surface area contributed by atoms with Crippen molar-refractivity contribution in [2.75, 3.05) is 4.90 Å². The van der Waals surface area contributed by atoms with E-state index in [9.17, 15) is 0 Å². The van der Waals surface area contributed by atoms with Crippen molar-refractivity contribution in [2.45, 2.75) is 0 Å². The van der Waals surface area contributed by atoms with E-state index in [1.807, 2.05) is 54.6 Å². The maximum atomic E-state index is 6.19. The van der Waals surface area contributed by atoms with Gasteiger partial charge in [0.05, 0.1) is 5.39 Å². The molecule has 6 aromatic rings. The molecule has 0 fully saturated rings. The molecule has 0 aliphatic heterocycles. The van der Waals surface area contributed by atoms with Gasteiger partial charge < -0.3 is 9.32 Å². The summed E-state index contributed by atoms with van der Waals surface area (Å²) in [7, 11) is 0. The molecule has 0 saturated heterocycles. The molecular formula is C30H19NOW. The number of benzene rings is 5. The van der Waals surface area contributed by atoms with E-state index in [0.717, 1.165) is 50.1 Å². The van der Waals surface area contributed by atoms with Gasteiger partial charge in [-0.25, -0.2) is 11.1 Å². The first-order valence-electron chi connectivity index (χ1n) is 10.6. The van der Waals surface area contributed by atoms with Gasteiger partial charge in [-0.15, -0.1) is 18.2 Å². The van der Waals surface area contributed by atoms with Crippen molar-refractivity contribution in [3.63, 3.8) is 0 Å². The van der Waals surface area contributed by atoms with Crippen molar-refractivity contribution in [2.24, 2.45) is 0 Å². The Hall–Kier alpha value is -3.61. The average molecular weight is 593 g/mol. The Morgan fingerprint density at radius 3 is 2.15 bits per heavy atom. The van der Waals surface area contributed by atoms with Crippen LogP contribution in [0.4, 0.5) is 17.1 Å². The first-order chi connectivity index (χ1) is 15.9. The zero-order valence-corrected chi connectivity index (χ0v) is 20.7. The number of nitrogens with zero attached hydrogens (tertiary/aromatic N) is 1. The third kappa shape index (κ3) is 3.77. The topological polar surface area (TPSA) is 16.4 Å². The summed E-state index contributed by atoms with van der Waals surface area (Å²) in [4.78, 5) is 2.29. The molecule has 2 nitrogen and oxygen atoms in total. The van der Waals surface area contributed by atoms with Gasteiger partial charge in [0, 0.05) is 16.8 Å². The van der Waals surface area contributed by atoms with Crippen LogP contribution in [0, 0.1) is 12.1 Å².